The van der Waals surface area contributed by atoms with Crippen LogP contribution in [0.3, 0.4) is 0 Å². The average Bonchev–Trinajstić information content (AvgIpc) is 3.83. The van der Waals surface area contributed by atoms with E-state index in [1.807, 2.05) is 60.6 Å². The molecule has 2 aliphatic rings. The lowest BCUT2D eigenvalue weighted by Crippen LogP contribution is -2.59. The summed E-state index contributed by atoms with van der Waals surface area (Å²) in [6, 6.07) is 6.17. The van der Waals surface area contributed by atoms with E-state index in [2.05, 4.69) is 20.2 Å². The summed E-state index contributed by atoms with van der Waals surface area (Å²) in [5, 5.41) is 23.5. The van der Waals surface area contributed by atoms with Gasteiger partial charge in [0.15, 0.2) is 5.78 Å². The van der Waals surface area contributed by atoms with Crippen LogP contribution in [0.15, 0.2) is 49.6 Å². The lowest BCUT2D eigenvalue weighted by atomic mass is 9.65. The molecule has 0 saturated heterocycles. The van der Waals surface area contributed by atoms with Gasteiger partial charge in [-0.25, -0.2) is 19.3 Å². The van der Waals surface area contributed by atoms with Gasteiger partial charge in [-0.05, 0) is 43.0 Å². The molecule has 0 fully saturated rings. The van der Waals surface area contributed by atoms with Crippen LogP contribution in [0.1, 0.15) is 78.0 Å². The Balaban J connectivity index is 1.44. The molecule has 0 aliphatic carbocycles. The van der Waals surface area contributed by atoms with Crippen LogP contribution in [0.2, 0.25) is 20.1 Å². The molecule has 4 heterocycles. The Kier molecular flexibility index (Phi) is 9.54. The van der Waals surface area contributed by atoms with Gasteiger partial charge in [0.1, 0.15) is 60.6 Å². The van der Waals surface area contributed by atoms with Gasteiger partial charge in [-0.3, -0.25) is 4.79 Å². The SMILES string of the molecule is CC1c2cc(Cl)cc(Cl)c2OC1C(CC(C)(C)C(O)C(C)(C1Cc2cc(Cl)cc(Cl)c2O1)n1cncn1)C(C(=O)C(C)(C)C)n1cncn1. The Hall–Kier alpha value is -2.89. The highest BCUT2D eigenvalue weighted by Crippen LogP contribution is 2.53. The molecule has 10 nitrogen and oxygen atoms in total. The van der Waals surface area contributed by atoms with E-state index in [0.29, 0.717) is 44.4 Å². The zero-order chi connectivity index (χ0) is 35.6. The highest BCUT2D eigenvalue weighted by Gasteiger charge is 2.56. The van der Waals surface area contributed by atoms with Gasteiger partial charge in [0.25, 0.3) is 0 Å². The number of aliphatic hydroxyl groups is 1. The molecule has 1 N–H and O–H groups in total. The van der Waals surface area contributed by atoms with Crippen molar-refractivity contribution in [2.75, 3.05) is 0 Å². The molecule has 6 rings (SSSR count). The molecule has 0 amide bonds. The van der Waals surface area contributed by atoms with Gasteiger partial charge in [-0.1, -0.05) is 87.9 Å². The van der Waals surface area contributed by atoms with Gasteiger partial charge in [0.2, 0.25) is 0 Å². The predicted octanol–water partition coefficient (Wildman–Crippen LogP) is 8.02. The number of benzene rings is 2. The molecule has 14 heteroatoms. The number of aromatic nitrogens is 6. The van der Waals surface area contributed by atoms with Crippen LogP contribution >= 0.6 is 46.4 Å². The maximum Gasteiger partial charge on any atom is 0.163 e. The van der Waals surface area contributed by atoms with Crippen LogP contribution in [0.4, 0.5) is 0 Å². The van der Waals surface area contributed by atoms with Crippen molar-refractivity contribution in [3.8, 4) is 11.5 Å². The van der Waals surface area contributed by atoms with Gasteiger partial charge >= 0.3 is 0 Å². The topological polar surface area (TPSA) is 117 Å². The molecule has 49 heavy (non-hydrogen) atoms. The van der Waals surface area contributed by atoms with Crippen LogP contribution in [0.25, 0.3) is 0 Å². The number of Topliss-reactive ketones (excluding diaryl/α,β-unsaturated/α-hetero) is 1. The zero-order valence-electron chi connectivity index (χ0n) is 28.4. The van der Waals surface area contributed by atoms with Gasteiger partial charge in [-0.2, -0.15) is 10.2 Å². The first-order valence-corrected chi connectivity index (χ1v) is 17.7. The zero-order valence-corrected chi connectivity index (χ0v) is 31.4. The second kappa shape index (κ2) is 13.0. The molecule has 2 aromatic carbocycles. The van der Waals surface area contributed by atoms with Crippen molar-refractivity contribution in [1.29, 1.82) is 0 Å². The maximum atomic E-state index is 14.5. The van der Waals surface area contributed by atoms with Crippen LogP contribution in [-0.2, 0) is 16.8 Å². The van der Waals surface area contributed by atoms with E-state index in [9.17, 15) is 9.90 Å². The van der Waals surface area contributed by atoms with Crippen molar-refractivity contribution in [3.05, 3.63) is 80.8 Å². The van der Waals surface area contributed by atoms with Crippen molar-refractivity contribution >= 4 is 52.2 Å². The van der Waals surface area contributed by atoms with Crippen LogP contribution in [0, 0.1) is 16.7 Å². The largest absolute Gasteiger partial charge is 0.488 e. The van der Waals surface area contributed by atoms with Gasteiger partial charge in [-0.15, -0.1) is 0 Å². The molecule has 4 aromatic rings. The first-order valence-electron chi connectivity index (χ1n) is 16.1. The summed E-state index contributed by atoms with van der Waals surface area (Å²) in [5.74, 6) is 0.278. The Morgan fingerprint density at radius 3 is 2.16 bits per heavy atom. The quantitative estimate of drug-likeness (QED) is 0.173. The van der Waals surface area contributed by atoms with Crippen molar-refractivity contribution in [3.63, 3.8) is 0 Å². The summed E-state index contributed by atoms with van der Waals surface area (Å²) >= 11 is 26.0. The second-order valence-corrected chi connectivity index (χ2v) is 16.8. The molecule has 7 unspecified atom stereocenters. The molecule has 2 aromatic heterocycles. The molecule has 0 bridgehead atoms. The third kappa shape index (κ3) is 6.44. The first kappa shape index (κ1) is 35.9. The summed E-state index contributed by atoms with van der Waals surface area (Å²) in [6.07, 6.45) is 4.47. The molecular formula is C35H40Cl4N6O4. The highest BCUT2D eigenvalue weighted by molar-refractivity contribution is 6.36. The van der Waals surface area contributed by atoms with Crippen LogP contribution < -0.4 is 9.47 Å². The number of carbonyl (C=O) groups is 1. The monoisotopic (exact) mass is 748 g/mol. The van der Waals surface area contributed by atoms with E-state index in [1.165, 1.54) is 12.7 Å². The predicted molar refractivity (Wildman–Crippen MR) is 189 cm³/mol. The minimum absolute atomic E-state index is 0.0516. The van der Waals surface area contributed by atoms with Crippen LogP contribution in [0.5, 0.6) is 11.5 Å². The van der Waals surface area contributed by atoms with Crippen LogP contribution in [-0.4, -0.2) is 58.7 Å². The van der Waals surface area contributed by atoms with E-state index in [1.54, 1.807) is 34.2 Å². The third-order valence-corrected chi connectivity index (χ3v) is 11.2. The van der Waals surface area contributed by atoms with Crippen molar-refractivity contribution in [1.82, 2.24) is 29.5 Å². The number of aliphatic hydroxyl groups excluding tert-OH is 1. The minimum Gasteiger partial charge on any atom is -0.488 e. The Bertz CT molecular complexity index is 1850. The number of halogens is 4. The number of nitrogens with zero attached hydrogens (tertiary/aromatic N) is 6. The van der Waals surface area contributed by atoms with Gasteiger partial charge < -0.3 is 14.6 Å². The highest BCUT2D eigenvalue weighted by atomic mass is 35.5. The summed E-state index contributed by atoms with van der Waals surface area (Å²) in [5.41, 5.74) is -1.11. The Labute approximate surface area is 306 Å². The van der Waals surface area contributed by atoms with Gasteiger partial charge in [0, 0.05) is 44.8 Å². The molecule has 7 atom stereocenters. The lowest BCUT2D eigenvalue weighted by Gasteiger charge is -2.48. The maximum absolute atomic E-state index is 14.5. The van der Waals surface area contributed by atoms with Crippen molar-refractivity contribution < 1.29 is 19.4 Å². The summed E-state index contributed by atoms with van der Waals surface area (Å²) in [7, 11) is 0. The first-order chi connectivity index (χ1) is 22.9. The third-order valence-electron chi connectivity index (χ3n) is 10.2. The van der Waals surface area contributed by atoms with E-state index in [-0.39, 0.29) is 11.7 Å². The fraction of sp³-hybridized carbons (Fsp3) is 0.514. The van der Waals surface area contributed by atoms with Gasteiger partial charge in [0.05, 0.1) is 16.1 Å². The summed E-state index contributed by atoms with van der Waals surface area (Å²) < 4.78 is 16.4. The normalized spacial score (nSPS) is 22.0. The number of fused-ring (bicyclic) bond motifs is 2. The molecular weight excluding hydrogens is 710 g/mol. The number of carbonyl (C=O) groups excluding carboxylic acids is 1. The Morgan fingerprint density at radius 1 is 0.918 bits per heavy atom. The smallest absolute Gasteiger partial charge is 0.163 e. The second-order valence-electron chi connectivity index (χ2n) is 15.1. The average molecular weight is 751 g/mol. The van der Waals surface area contributed by atoms with E-state index >= 15 is 0 Å². The lowest BCUT2D eigenvalue weighted by molar-refractivity contribution is -0.136. The number of hydrogen-bond donors (Lipinski definition) is 1. The van der Waals surface area contributed by atoms with E-state index in [0.717, 1.165) is 11.1 Å². The summed E-state index contributed by atoms with van der Waals surface area (Å²) in [6.45, 7) is 13.5. The van der Waals surface area contributed by atoms with Crippen molar-refractivity contribution in [2.45, 2.75) is 97.1 Å². The molecule has 0 radical (unpaired) electrons. The summed E-state index contributed by atoms with van der Waals surface area (Å²) in [4.78, 5) is 22.9. The fourth-order valence-electron chi connectivity index (χ4n) is 7.66. The molecule has 0 saturated carbocycles. The molecule has 2 aliphatic heterocycles. The van der Waals surface area contributed by atoms with E-state index < -0.39 is 46.6 Å². The molecule has 0 spiro atoms. The molecule has 262 valence electrons. The fourth-order valence-corrected chi connectivity index (χ4v) is 8.80. The number of rotatable bonds is 10. The standard InChI is InChI=1S/C35H40Cl4N6O4/c1-18-22-10-21(37)12-25(39)30(22)49-28(18)23(27(31(46)33(2,3)4)44-16-40-14-42-44)13-34(5,6)32(47)35(7,45-17-41-15-43-45)26-9-19-8-20(36)11-24(38)29(19)48-26/h8,10-12,14-18,23,26-28,32,47H,9,13H2,1-7H3. The Morgan fingerprint density at radius 2 is 1.55 bits per heavy atom. The minimum atomic E-state index is -1.15. The van der Waals surface area contributed by atoms with Crippen molar-refractivity contribution in [2.24, 2.45) is 16.7 Å². The number of ether oxygens (including phenoxy) is 2. The number of ketones is 1. The van der Waals surface area contributed by atoms with E-state index in [4.69, 9.17) is 55.9 Å². The number of hydrogen-bond acceptors (Lipinski definition) is 8.